The van der Waals surface area contributed by atoms with Crippen LogP contribution in [0.2, 0.25) is 0 Å². The molecule has 1 aromatic heterocycles. The van der Waals surface area contributed by atoms with Gasteiger partial charge in [-0.05, 0) is 34.0 Å². The predicted octanol–water partition coefficient (Wildman–Crippen LogP) is 1.88. The van der Waals surface area contributed by atoms with Crippen LogP contribution in [0.25, 0.3) is 0 Å². The molecular weight excluding hydrogens is 238 g/mol. The van der Waals surface area contributed by atoms with Gasteiger partial charge in [-0.15, -0.1) is 0 Å². The quantitative estimate of drug-likeness (QED) is 0.851. The second kappa shape index (κ2) is 6.70. The minimum absolute atomic E-state index is 0.289. The summed E-state index contributed by atoms with van der Waals surface area (Å²) in [6.45, 7) is 8.19. The van der Waals surface area contributed by atoms with E-state index in [1.165, 1.54) is 0 Å². The van der Waals surface area contributed by atoms with Gasteiger partial charge in [0.2, 0.25) is 0 Å². The molecule has 0 aromatic carbocycles. The van der Waals surface area contributed by atoms with E-state index in [2.05, 4.69) is 54.8 Å². The highest BCUT2D eigenvalue weighted by Gasteiger charge is 2.14. The molecule has 0 aliphatic rings. The fourth-order valence-electron chi connectivity index (χ4n) is 1.90. The third kappa shape index (κ3) is 4.35. The summed E-state index contributed by atoms with van der Waals surface area (Å²) in [5, 5.41) is 0. The molecule has 0 radical (unpaired) electrons. The summed E-state index contributed by atoms with van der Waals surface area (Å²) in [6.07, 6.45) is 1.10. The number of hydrogen-bond acceptors (Lipinski definition) is 5. The van der Waals surface area contributed by atoms with Crippen molar-refractivity contribution in [3.05, 3.63) is 11.4 Å². The third-order valence-electron chi connectivity index (χ3n) is 3.15. The normalized spacial score (nSPS) is 11.4. The number of aromatic nitrogens is 2. The summed E-state index contributed by atoms with van der Waals surface area (Å²) in [7, 11) is 6.24. The van der Waals surface area contributed by atoms with Crippen LogP contribution in [0.15, 0.2) is 0 Å². The van der Waals surface area contributed by atoms with Crippen LogP contribution in [0.1, 0.15) is 37.6 Å². The molecule has 5 heteroatoms. The molecule has 0 aliphatic heterocycles. The molecule has 0 unspecified atom stereocenters. The van der Waals surface area contributed by atoms with Gasteiger partial charge in [0.05, 0.1) is 0 Å². The molecule has 5 nitrogen and oxygen atoms in total. The second-order valence-corrected chi connectivity index (χ2v) is 5.65. The van der Waals surface area contributed by atoms with E-state index in [-0.39, 0.29) is 5.92 Å². The zero-order valence-corrected chi connectivity index (χ0v) is 13.1. The molecule has 19 heavy (non-hydrogen) atoms. The average Bonchev–Trinajstić information content (AvgIpc) is 2.31. The Balaban J connectivity index is 2.86. The van der Waals surface area contributed by atoms with Crippen molar-refractivity contribution in [3.63, 3.8) is 0 Å². The van der Waals surface area contributed by atoms with Crippen LogP contribution in [0.3, 0.4) is 0 Å². The molecular formula is C14H27N5. The van der Waals surface area contributed by atoms with Crippen LogP contribution in [-0.4, -0.2) is 49.1 Å². The average molecular weight is 265 g/mol. The highest BCUT2D eigenvalue weighted by Crippen LogP contribution is 2.23. The van der Waals surface area contributed by atoms with Gasteiger partial charge in [0.1, 0.15) is 17.5 Å². The Hall–Kier alpha value is -1.36. The minimum atomic E-state index is 0.289. The van der Waals surface area contributed by atoms with Gasteiger partial charge in [0.15, 0.2) is 0 Å². The molecule has 0 bridgehead atoms. The van der Waals surface area contributed by atoms with Crippen LogP contribution in [0, 0.1) is 6.92 Å². The Morgan fingerprint density at radius 2 is 1.74 bits per heavy atom. The van der Waals surface area contributed by atoms with Crippen LogP contribution in [-0.2, 0) is 0 Å². The SMILES string of the molecule is Cc1c(N)nc(C(C)C)nc1N(C)CCCN(C)C. The molecule has 1 rings (SSSR count). The molecule has 0 aliphatic carbocycles. The van der Waals surface area contributed by atoms with Crippen molar-refractivity contribution in [1.82, 2.24) is 14.9 Å². The number of nitrogen functional groups attached to an aromatic ring is 1. The van der Waals surface area contributed by atoms with Crippen molar-refractivity contribution in [2.24, 2.45) is 0 Å². The lowest BCUT2D eigenvalue weighted by atomic mass is 10.2. The van der Waals surface area contributed by atoms with E-state index in [9.17, 15) is 0 Å². The standard InChI is InChI=1S/C14H27N5/c1-10(2)13-16-12(15)11(3)14(17-13)19(6)9-7-8-18(4)5/h10H,7-9H2,1-6H3,(H2,15,16,17). The highest BCUT2D eigenvalue weighted by atomic mass is 15.2. The molecule has 108 valence electrons. The molecule has 0 saturated heterocycles. The number of anilines is 2. The summed E-state index contributed by atoms with van der Waals surface area (Å²) in [5.74, 6) is 2.65. The fourth-order valence-corrected chi connectivity index (χ4v) is 1.90. The summed E-state index contributed by atoms with van der Waals surface area (Å²) in [4.78, 5) is 13.4. The van der Waals surface area contributed by atoms with Crippen molar-refractivity contribution in [2.75, 3.05) is 44.9 Å². The summed E-state index contributed by atoms with van der Waals surface area (Å²) < 4.78 is 0. The number of nitrogens with two attached hydrogens (primary N) is 1. The largest absolute Gasteiger partial charge is 0.383 e. The lowest BCUT2D eigenvalue weighted by Gasteiger charge is -2.22. The van der Waals surface area contributed by atoms with Gasteiger partial charge in [-0.3, -0.25) is 0 Å². The number of nitrogens with zero attached hydrogens (tertiary/aromatic N) is 4. The van der Waals surface area contributed by atoms with E-state index < -0.39 is 0 Å². The molecule has 2 N–H and O–H groups in total. The summed E-state index contributed by atoms with van der Waals surface area (Å²) >= 11 is 0. The monoisotopic (exact) mass is 265 g/mol. The second-order valence-electron chi connectivity index (χ2n) is 5.65. The number of rotatable bonds is 6. The van der Waals surface area contributed by atoms with Gasteiger partial charge in [-0.1, -0.05) is 13.8 Å². The highest BCUT2D eigenvalue weighted by molar-refractivity contribution is 5.56. The van der Waals surface area contributed by atoms with E-state index in [1.54, 1.807) is 0 Å². The minimum Gasteiger partial charge on any atom is -0.383 e. The first-order valence-corrected chi connectivity index (χ1v) is 6.82. The third-order valence-corrected chi connectivity index (χ3v) is 3.15. The fraction of sp³-hybridized carbons (Fsp3) is 0.714. The van der Waals surface area contributed by atoms with Crippen LogP contribution in [0.5, 0.6) is 0 Å². The molecule has 0 saturated carbocycles. The van der Waals surface area contributed by atoms with Gasteiger partial charge >= 0.3 is 0 Å². The van der Waals surface area contributed by atoms with Gasteiger partial charge < -0.3 is 15.5 Å². The topological polar surface area (TPSA) is 58.3 Å². The summed E-state index contributed by atoms with van der Waals surface area (Å²) in [6, 6.07) is 0. The van der Waals surface area contributed by atoms with Crippen molar-refractivity contribution in [3.8, 4) is 0 Å². The zero-order valence-electron chi connectivity index (χ0n) is 13.1. The first kappa shape index (κ1) is 15.7. The zero-order chi connectivity index (χ0) is 14.6. The Bertz CT molecular complexity index is 415. The smallest absolute Gasteiger partial charge is 0.137 e. The van der Waals surface area contributed by atoms with Gasteiger partial charge in [0.25, 0.3) is 0 Å². The lowest BCUT2D eigenvalue weighted by molar-refractivity contribution is 0.401. The van der Waals surface area contributed by atoms with Crippen molar-refractivity contribution < 1.29 is 0 Å². The summed E-state index contributed by atoms with van der Waals surface area (Å²) in [5.41, 5.74) is 6.96. The molecule has 1 aromatic rings. The van der Waals surface area contributed by atoms with E-state index in [0.29, 0.717) is 5.82 Å². The Labute approximate surface area is 116 Å². The molecule has 0 atom stereocenters. The molecule has 0 fully saturated rings. The van der Waals surface area contributed by atoms with E-state index >= 15 is 0 Å². The van der Waals surface area contributed by atoms with Crippen LogP contribution >= 0.6 is 0 Å². The Morgan fingerprint density at radius 3 is 2.26 bits per heavy atom. The lowest BCUT2D eigenvalue weighted by Crippen LogP contribution is -2.25. The van der Waals surface area contributed by atoms with Crippen molar-refractivity contribution >= 4 is 11.6 Å². The Morgan fingerprint density at radius 1 is 1.11 bits per heavy atom. The predicted molar refractivity (Wildman–Crippen MR) is 81.7 cm³/mol. The maximum absolute atomic E-state index is 5.99. The van der Waals surface area contributed by atoms with E-state index in [0.717, 1.165) is 36.7 Å². The molecule has 0 amide bonds. The molecule has 1 heterocycles. The van der Waals surface area contributed by atoms with Crippen LogP contribution < -0.4 is 10.6 Å². The van der Waals surface area contributed by atoms with Gasteiger partial charge in [0, 0.05) is 25.1 Å². The van der Waals surface area contributed by atoms with Gasteiger partial charge in [-0.25, -0.2) is 9.97 Å². The van der Waals surface area contributed by atoms with Crippen molar-refractivity contribution in [2.45, 2.75) is 33.1 Å². The van der Waals surface area contributed by atoms with E-state index in [1.807, 2.05) is 6.92 Å². The van der Waals surface area contributed by atoms with Gasteiger partial charge in [-0.2, -0.15) is 0 Å². The first-order valence-electron chi connectivity index (χ1n) is 6.82. The van der Waals surface area contributed by atoms with Crippen molar-refractivity contribution in [1.29, 1.82) is 0 Å². The maximum Gasteiger partial charge on any atom is 0.137 e. The molecule has 0 spiro atoms. The number of hydrogen-bond donors (Lipinski definition) is 1. The first-order chi connectivity index (χ1) is 8.82. The Kier molecular flexibility index (Phi) is 5.54. The maximum atomic E-state index is 5.99. The van der Waals surface area contributed by atoms with Crippen LogP contribution in [0.4, 0.5) is 11.6 Å². The van der Waals surface area contributed by atoms with E-state index in [4.69, 9.17) is 5.73 Å².